The summed E-state index contributed by atoms with van der Waals surface area (Å²) in [6.45, 7) is 0.970. The molecule has 0 radical (unpaired) electrons. The van der Waals surface area contributed by atoms with Crippen LogP contribution in [0.4, 0.5) is 11.4 Å². The van der Waals surface area contributed by atoms with Crippen molar-refractivity contribution in [3.8, 4) is 0 Å². The second kappa shape index (κ2) is 6.30. The van der Waals surface area contributed by atoms with Crippen molar-refractivity contribution in [3.63, 3.8) is 0 Å². The zero-order valence-corrected chi connectivity index (χ0v) is 13.3. The fourth-order valence-electron chi connectivity index (χ4n) is 2.41. The number of fused-ring (bicyclic) bond motifs is 2. The minimum atomic E-state index is 0.715. The van der Waals surface area contributed by atoms with Crippen LogP contribution in [0.5, 0.6) is 0 Å². The van der Waals surface area contributed by atoms with E-state index in [4.69, 9.17) is 23.2 Å². The maximum Gasteiger partial charge on any atom is 0.0567 e. The van der Waals surface area contributed by atoms with E-state index in [9.17, 15) is 0 Å². The molecule has 1 aliphatic heterocycles. The number of benzene rings is 2. The first kappa shape index (κ1) is 14.1. The molecule has 104 valence electrons. The Balaban J connectivity index is 1.99. The van der Waals surface area contributed by atoms with E-state index in [0.29, 0.717) is 5.88 Å². The van der Waals surface area contributed by atoms with Crippen molar-refractivity contribution in [2.75, 3.05) is 17.3 Å². The van der Waals surface area contributed by atoms with Crippen LogP contribution in [0.1, 0.15) is 12.8 Å². The molecule has 0 saturated heterocycles. The zero-order valence-electron chi connectivity index (χ0n) is 11.0. The van der Waals surface area contributed by atoms with Crippen LogP contribution in [-0.4, -0.2) is 12.4 Å². The van der Waals surface area contributed by atoms with Gasteiger partial charge in [0.25, 0.3) is 0 Å². The molecule has 4 heteroatoms. The number of hydrogen-bond acceptors (Lipinski definition) is 2. The number of para-hydroxylation sites is 1. The molecular weight excluding hydrogens is 309 g/mol. The van der Waals surface area contributed by atoms with Crippen LogP contribution in [0.25, 0.3) is 0 Å². The fourth-order valence-corrected chi connectivity index (χ4v) is 3.84. The Kier molecular flexibility index (Phi) is 4.45. The van der Waals surface area contributed by atoms with Gasteiger partial charge in [-0.15, -0.1) is 11.6 Å². The van der Waals surface area contributed by atoms with Gasteiger partial charge in [-0.25, -0.2) is 0 Å². The van der Waals surface area contributed by atoms with E-state index in [1.807, 2.05) is 17.8 Å². The molecule has 1 aliphatic rings. The highest BCUT2D eigenvalue weighted by atomic mass is 35.5. The maximum absolute atomic E-state index is 6.17. The molecule has 20 heavy (non-hydrogen) atoms. The lowest BCUT2D eigenvalue weighted by Gasteiger charge is -2.33. The smallest absolute Gasteiger partial charge is 0.0567 e. The molecule has 2 aromatic carbocycles. The molecule has 0 saturated carbocycles. The lowest BCUT2D eigenvalue weighted by atomic mass is 10.2. The molecule has 0 aromatic heterocycles. The van der Waals surface area contributed by atoms with Crippen molar-refractivity contribution in [3.05, 3.63) is 47.5 Å². The second-order valence-corrected chi connectivity index (χ2v) is 6.63. The van der Waals surface area contributed by atoms with Crippen molar-refractivity contribution < 1.29 is 0 Å². The Morgan fingerprint density at radius 1 is 0.950 bits per heavy atom. The van der Waals surface area contributed by atoms with Gasteiger partial charge < -0.3 is 4.90 Å². The predicted molar refractivity (Wildman–Crippen MR) is 89.0 cm³/mol. The van der Waals surface area contributed by atoms with Crippen molar-refractivity contribution in [2.45, 2.75) is 22.6 Å². The number of alkyl halides is 1. The first-order valence-corrected chi connectivity index (χ1v) is 8.42. The summed E-state index contributed by atoms with van der Waals surface area (Å²) >= 11 is 13.8. The molecule has 1 nitrogen and oxygen atoms in total. The van der Waals surface area contributed by atoms with Crippen molar-refractivity contribution in [2.24, 2.45) is 0 Å². The fraction of sp³-hybridized carbons (Fsp3) is 0.250. The largest absolute Gasteiger partial charge is 0.340 e. The number of hydrogen-bond donors (Lipinski definition) is 0. The quantitative estimate of drug-likeness (QED) is 0.504. The summed E-state index contributed by atoms with van der Waals surface area (Å²) in [5.41, 5.74) is 2.47. The molecule has 0 fully saturated rings. The van der Waals surface area contributed by atoms with Gasteiger partial charge in [-0.05, 0) is 43.2 Å². The summed E-state index contributed by atoms with van der Waals surface area (Å²) in [6, 6.07) is 14.6. The molecule has 1 heterocycles. The van der Waals surface area contributed by atoms with Gasteiger partial charge >= 0.3 is 0 Å². The van der Waals surface area contributed by atoms with E-state index < -0.39 is 0 Å². The zero-order chi connectivity index (χ0) is 13.9. The van der Waals surface area contributed by atoms with Crippen molar-refractivity contribution >= 4 is 46.3 Å². The summed E-state index contributed by atoms with van der Waals surface area (Å²) in [7, 11) is 0. The Morgan fingerprint density at radius 3 is 2.60 bits per heavy atom. The molecule has 0 amide bonds. The average Bonchev–Trinajstić information content (AvgIpc) is 2.47. The van der Waals surface area contributed by atoms with E-state index in [1.165, 1.54) is 21.2 Å². The van der Waals surface area contributed by atoms with E-state index in [2.05, 4.69) is 41.3 Å². The SMILES string of the molecule is ClCCCCN1c2ccccc2Sc2ccc(Cl)cc21. The number of nitrogens with zero attached hydrogens (tertiary/aromatic N) is 1. The third kappa shape index (κ3) is 2.78. The predicted octanol–water partition coefficient (Wildman–Crippen LogP) is 5.96. The minimum Gasteiger partial charge on any atom is -0.340 e. The molecule has 0 unspecified atom stereocenters. The van der Waals surface area contributed by atoms with Crippen LogP contribution in [-0.2, 0) is 0 Å². The number of halogens is 2. The van der Waals surface area contributed by atoms with Gasteiger partial charge in [0.1, 0.15) is 0 Å². The lowest BCUT2D eigenvalue weighted by Crippen LogP contribution is -2.22. The standard InChI is InChI=1S/C16H15Cl2NS/c17-9-3-4-10-19-13-5-1-2-6-15(13)20-16-8-7-12(18)11-14(16)19/h1-2,5-8,11H,3-4,9-10H2. The normalized spacial score (nSPS) is 13.0. The molecule has 3 rings (SSSR count). The number of rotatable bonds is 4. The monoisotopic (exact) mass is 323 g/mol. The Morgan fingerprint density at radius 2 is 1.75 bits per heavy atom. The molecule has 2 aromatic rings. The third-order valence-electron chi connectivity index (χ3n) is 3.35. The summed E-state index contributed by atoms with van der Waals surface area (Å²) < 4.78 is 0. The van der Waals surface area contributed by atoms with E-state index in [-0.39, 0.29) is 0 Å². The van der Waals surface area contributed by atoms with Crippen molar-refractivity contribution in [1.29, 1.82) is 0 Å². The molecule has 0 N–H and O–H groups in total. The van der Waals surface area contributed by atoms with Gasteiger partial charge in [0.15, 0.2) is 0 Å². The molecular formula is C16H15Cl2NS. The Labute approximate surface area is 133 Å². The van der Waals surface area contributed by atoms with E-state index in [1.54, 1.807) is 0 Å². The van der Waals surface area contributed by atoms with Crippen LogP contribution < -0.4 is 4.90 Å². The van der Waals surface area contributed by atoms with Gasteiger partial charge in [0.05, 0.1) is 11.4 Å². The lowest BCUT2D eigenvalue weighted by molar-refractivity contribution is 0.780. The van der Waals surface area contributed by atoms with Crippen LogP contribution >= 0.6 is 35.0 Å². The van der Waals surface area contributed by atoms with Crippen LogP contribution in [0, 0.1) is 0 Å². The summed E-state index contributed by atoms with van der Waals surface area (Å²) in [5.74, 6) is 0.715. The molecule has 0 atom stereocenters. The van der Waals surface area contributed by atoms with Gasteiger partial charge in [-0.3, -0.25) is 0 Å². The highest BCUT2D eigenvalue weighted by molar-refractivity contribution is 7.99. The van der Waals surface area contributed by atoms with Crippen LogP contribution in [0.2, 0.25) is 5.02 Å². The van der Waals surface area contributed by atoms with Crippen molar-refractivity contribution in [1.82, 2.24) is 0 Å². The van der Waals surface area contributed by atoms with Crippen LogP contribution in [0.15, 0.2) is 52.3 Å². The highest BCUT2D eigenvalue weighted by Crippen LogP contribution is 2.48. The van der Waals surface area contributed by atoms with Gasteiger partial charge in [-0.1, -0.05) is 35.5 Å². The second-order valence-electron chi connectivity index (χ2n) is 4.73. The summed E-state index contributed by atoms with van der Waals surface area (Å²) in [4.78, 5) is 4.92. The van der Waals surface area contributed by atoms with E-state index in [0.717, 1.165) is 24.4 Å². The third-order valence-corrected chi connectivity index (χ3v) is 4.99. The maximum atomic E-state index is 6.17. The summed E-state index contributed by atoms with van der Waals surface area (Å²) in [5, 5.41) is 0.783. The topological polar surface area (TPSA) is 3.24 Å². The Hall–Kier alpha value is -0.830. The first-order valence-electron chi connectivity index (χ1n) is 6.69. The highest BCUT2D eigenvalue weighted by Gasteiger charge is 2.22. The molecule has 0 aliphatic carbocycles. The Bertz CT molecular complexity index is 615. The van der Waals surface area contributed by atoms with Gasteiger partial charge in [-0.2, -0.15) is 0 Å². The average molecular weight is 324 g/mol. The van der Waals surface area contributed by atoms with Gasteiger partial charge in [0.2, 0.25) is 0 Å². The van der Waals surface area contributed by atoms with Gasteiger partial charge in [0, 0.05) is 27.2 Å². The minimum absolute atomic E-state index is 0.715. The first-order chi connectivity index (χ1) is 9.79. The van der Waals surface area contributed by atoms with Crippen LogP contribution in [0.3, 0.4) is 0 Å². The molecule has 0 bridgehead atoms. The number of anilines is 2. The van der Waals surface area contributed by atoms with E-state index >= 15 is 0 Å². The number of unbranched alkanes of at least 4 members (excludes halogenated alkanes) is 1. The molecule has 0 spiro atoms. The summed E-state index contributed by atoms with van der Waals surface area (Å²) in [6.07, 6.45) is 2.11.